The minimum absolute atomic E-state index is 0.0102. The number of hydrogen-bond acceptors (Lipinski definition) is 8. The number of benzene rings is 2. The number of carbonyl (C=O) groups is 5. The SMILES string of the molecule is CSCCC(NC(=O)C(CC(N)=O)NC(=O)C(N)Cc1c[nH]c2ccccc12)C(=O)NC(Cc1ccc(O)cc1)C(=O)O. The molecule has 14 heteroatoms. The van der Waals surface area contributed by atoms with Gasteiger partial charge in [-0.05, 0) is 54.2 Å². The van der Waals surface area contributed by atoms with Gasteiger partial charge in [-0.1, -0.05) is 30.3 Å². The van der Waals surface area contributed by atoms with Gasteiger partial charge in [-0.15, -0.1) is 0 Å². The Morgan fingerprint density at radius 3 is 2.16 bits per heavy atom. The highest BCUT2D eigenvalue weighted by atomic mass is 32.2. The molecule has 10 N–H and O–H groups in total. The van der Waals surface area contributed by atoms with Gasteiger partial charge in [0, 0.05) is 23.5 Å². The Bertz CT molecular complexity index is 1440. The first kappa shape index (κ1) is 32.9. The molecule has 0 spiro atoms. The number of phenols is 1. The number of hydrogen-bond donors (Lipinski definition) is 8. The second-order valence-electron chi connectivity index (χ2n) is 10.0. The average molecular weight is 613 g/mol. The monoisotopic (exact) mass is 612 g/mol. The lowest BCUT2D eigenvalue weighted by atomic mass is 10.0. The van der Waals surface area contributed by atoms with Gasteiger partial charge in [-0.3, -0.25) is 19.2 Å². The van der Waals surface area contributed by atoms with Crippen molar-refractivity contribution in [2.75, 3.05) is 12.0 Å². The van der Waals surface area contributed by atoms with E-state index in [0.717, 1.165) is 16.5 Å². The van der Waals surface area contributed by atoms with E-state index in [4.69, 9.17) is 11.5 Å². The van der Waals surface area contributed by atoms with Crippen LogP contribution in [0.2, 0.25) is 0 Å². The summed E-state index contributed by atoms with van der Waals surface area (Å²) < 4.78 is 0. The number of H-pyrrole nitrogens is 1. The normalized spacial score (nSPS) is 13.8. The molecule has 43 heavy (non-hydrogen) atoms. The smallest absolute Gasteiger partial charge is 0.326 e. The number of primary amides is 1. The zero-order chi connectivity index (χ0) is 31.5. The van der Waals surface area contributed by atoms with Crippen molar-refractivity contribution < 1.29 is 34.2 Å². The van der Waals surface area contributed by atoms with E-state index in [9.17, 15) is 34.2 Å². The van der Waals surface area contributed by atoms with Crippen molar-refractivity contribution in [1.82, 2.24) is 20.9 Å². The lowest BCUT2D eigenvalue weighted by Crippen LogP contribution is -2.58. The zero-order valence-electron chi connectivity index (χ0n) is 23.5. The molecular formula is C29H36N6O7S. The van der Waals surface area contributed by atoms with Gasteiger partial charge in [0.15, 0.2) is 0 Å². The summed E-state index contributed by atoms with van der Waals surface area (Å²) in [6.07, 6.45) is 3.21. The summed E-state index contributed by atoms with van der Waals surface area (Å²) in [6, 6.07) is 8.37. The van der Waals surface area contributed by atoms with Crippen LogP contribution in [0.5, 0.6) is 5.75 Å². The van der Waals surface area contributed by atoms with E-state index in [0.29, 0.717) is 11.3 Å². The molecule has 0 fully saturated rings. The van der Waals surface area contributed by atoms with Crippen LogP contribution in [0.4, 0.5) is 0 Å². The van der Waals surface area contributed by atoms with Gasteiger partial charge in [-0.25, -0.2) is 4.79 Å². The molecule has 4 amide bonds. The van der Waals surface area contributed by atoms with Crippen LogP contribution < -0.4 is 27.4 Å². The van der Waals surface area contributed by atoms with Crippen LogP contribution in [0.15, 0.2) is 54.7 Å². The largest absolute Gasteiger partial charge is 0.508 e. The molecular weight excluding hydrogens is 576 g/mol. The highest BCUT2D eigenvalue weighted by Gasteiger charge is 2.31. The first-order valence-electron chi connectivity index (χ1n) is 13.5. The molecule has 0 saturated carbocycles. The standard InChI is InChI=1S/C29H36N6O7S/c1-43-11-10-22(27(39)35-24(29(41)42)12-16-6-8-18(36)9-7-16)33-28(40)23(14-25(31)37)34-26(38)20(30)13-17-15-32-21-5-3-2-4-19(17)21/h2-9,15,20,22-24,32,36H,10-14,30H2,1H3,(H2,31,37)(H,33,40)(H,34,38)(H,35,39)(H,41,42). The number of aliphatic carboxylic acids is 1. The van der Waals surface area contributed by atoms with Crippen LogP contribution in [0.1, 0.15) is 24.0 Å². The lowest BCUT2D eigenvalue weighted by Gasteiger charge is -2.25. The molecule has 13 nitrogen and oxygen atoms in total. The summed E-state index contributed by atoms with van der Waals surface area (Å²) >= 11 is 1.41. The predicted octanol–water partition coefficient (Wildman–Crippen LogP) is 0.154. The van der Waals surface area contributed by atoms with E-state index < -0.39 is 60.2 Å². The molecule has 0 aliphatic rings. The van der Waals surface area contributed by atoms with E-state index in [1.165, 1.54) is 36.0 Å². The van der Waals surface area contributed by atoms with Crippen LogP contribution in [-0.4, -0.2) is 81.0 Å². The molecule has 1 aromatic heterocycles. The maximum Gasteiger partial charge on any atom is 0.326 e. The zero-order valence-corrected chi connectivity index (χ0v) is 24.4. The third-order valence-corrected chi connectivity index (χ3v) is 7.37. The number of carbonyl (C=O) groups excluding carboxylic acids is 4. The Morgan fingerprint density at radius 2 is 1.51 bits per heavy atom. The molecule has 3 aromatic rings. The number of amides is 4. The molecule has 1 heterocycles. The molecule has 0 saturated heterocycles. The molecule has 3 rings (SSSR count). The van der Waals surface area contributed by atoms with E-state index in [1.54, 1.807) is 12.5 Å². The number of para-hydroxylation sites is 1. The highest BCUT2D eigenvalue weighted by Crippen LogP contribution is 2.19. The second-order valence-corrected chi connectivity index (χ2v) is 11.0. The minimum Gasteiger partial charge on any atom is -0.508 e. The van der Waals surface area contributed by atoms with E-state index in [2.05, 4.69) is 20.9 Å². The van der Waals surface area contributed by atoms with Crippen molar-refractivity contribution in [3.8, 4) is 5.75 Å². The Kier molecular flexibility index (Phi) is 12.0. The average Bonchev–Trinajstić information content (AvgIpc) is 3.37. The third kappa shape index (κ3) is 9.75. The molecule has 0 bridgehead atoms. The van der Waals surface area contributed by atoms with Crippen molar-refractivity contribution in [2.24, 2.45) is 11.5 Å². The predicted molar refractivity (Wildman–Crippen MR) is 162 cm³/mol. The maximum absolute atomic E-state index is 13.2. The number of thioether (sulfide) groups is 1. The summed E-state index contributed by atoms with van der Waals surface area (Å²) in [5.74, 6) is -4.01. The van der Waals surface area contributed by atoms with Crippen molar-refractivity contribution in [1.29, 1.82) is 0 Å². The number of carboxylic acid groups (broad SMARTS) is 1. The van der Waals surface area contributed by atoms with Gasteiger partial charge < -0.3 is 42.6 Å². The van der Waals surface area contributed by atoms with Crippen LogP contribution in [0.25, 0.3) is 10.9 Å². The number of aromatic hydroxyl groups is 1. The Morgan fingerprint density at radius 1 is 0.884 bits per heavy atom. The van der Waals surface area contributed by atoms with Crippen molar-refractivity contribution in [2.45, 2.75) is 49.9 Å². The van der Waals surface area contributed by atoms with Gasteiger partial charge in [-0.2, -0.15) is 11.8 Å². The molecule has 4 unspecified atom stereocenters. The van der Waals surface area contributed by atoms with Crippen molar-refractivity contribution >= 4 is 52.3 Å². The summed E-state index contributed by atoms with van der Waals surface area (Å²) in [4.78, 5) is 66.1. The maximum atomic E-state index is 13.2. The van der Waals surface area contributed by atoms with Crippen LogP contribution >= 0.6 is 11.8 Å². The molecule has 0 aliphatic heterocycles. The number of carboxylic acids is 1. The van der Waals surface area contributed by atoms with Gasteiger partial charge in [0.25, 0.3) is 0 Å². The van der Waals surface area contributed by atoms with E-state index in [1.807, 2.05) is 24.3 Å². The van der Waals surface area contributed by atoms with Crippen LogP contribution in [0, 0.1) is 0 Å². The number of nitrogens with two attached hydrogens (primary N) is 2. The fourth-order valence-corrected chi connectivity index (χ4v) is 4.91. The van der Waals surface area contributed by atoms with Crippen molar-refractivity contribution in [3.05, 3.63) is 65.9 Å². The summed E-state index contributed by atoms with van der Waals surface area (Å²) in [5, 5.41) is 27.5. The number of aromatic amines is 1. The number of aromatic nitrogens is 1. The van der Waals surface area contributed by atoms with E-state index in [-0.39, 0.29) is 25.0 Å². The quantitative estimate of drug-likeness (QED) is 0.110. The van der Waals surface area contributed by atoms with Gasteiger partial charge in [0.2, 0.25) is 23.6 Å². The molecule has 0 aliphatic carbocycles. The summed E-state index contributed by atoms with van der Waals surface area (Å²) in [6.45, 7) is 0. The number of nitrogens with one attached hydrogen (secondary N) is 4. The lowest BCUT2D eigenvalue weighted by molar-refractivity contribution is -0.142. The van der Waals surface area contributed by atoms with Crippen LogP contribution in [-0.2, 0) is 36.8 Å². The molecule has 4 atom stereocenters. The molecule has 2 aromatic carbocycles. The first-order valence-corrected chi connectivity index (χ1v) is 14.9. The number of phenolic OH excluding ortho intramolecular Hbond substituents is 1. The summed E-state index contributed by atoms with van der Waals surface area (Å²) in [7, 11) is 0. The number of fused-ring (bicyclic) bond motifs is 1. The van der Waals surface area contributed by atoms with Crippen LogP contribution in [0.3, 0.4) is 0 Å². The third-order valence-electron chi connectivity index (χ3n) is 6.72. The van der Waals surface area contributed by atoms with Gasteiger partial charge in [0.05, 0.1) is 12.5 Å². The van der Waals surface area contributed by atoms with Crippen molar-refractivity contribution in [3.63, 3.8) is 0 Å². The van der Waals surface area contributed by atoms with Gasteiger partial charge in [0.1, 0.15) is 23.9 Å². The second kappa shape index (κ2) is 15.6. The Hall–Kier alpha value is -4.56. The minimum atomic E-state index is -1.42. The number of rotatable bonds is 16. The topological polar surface area (TPSA) is 230 Å². The molecule has 0 radical (unpaired) electrons. The Labute approximate surface area is 252 Å². The molecule has 230 valence electrons. The fourth-order valence-electron chi connectivity index (χ4n) is 4.44. The first-order chi connectivity index (χ1) is 20.5. The Balaban J connectivity index is 1.69. The summed E-state index contributed by atoms with van der Waals surface area (Å²) in [5.41, 5.74) is 13.7. The van der Waals surface area contributed by atoms with E-state index >= 15 is 0 Å². The highest BCUT2D eigenvalue weighted by molar-refractivity contribution is 7.98. The fraction of sp³-hybridized carbons (Fsp3) is 0.345. The van der Waals surface area contributed by atoms with Gasteiger partial charge >= 0.3 is 5.97 Å².